The normalized spacial score (nSPS) is 10.1. The molecule has 0 saturated carbocycles. The first-order valence-corrected chi connectivity index (χ1v) is 6.25. The number of carbonyl (C=O) groups is 1. The smallest absolute Gasteiger partial charge is 0.273 e. The average molecular weight is 305 g/mol. The summed E-state index contributed by atoms with van der Waals surface area (Å²) in [5.74, 6) is -0.462. The van der Waals surface area contributed by atoms with Crippen LogP contribution in [0.3, 0.4) is 0 Å². The maximum absolute atomic E-state index is 12.8. The second kappa shape index (κ2) is 6.66. The van der Waals surface area contributed by atoms with Crippen molar-refractivity contribution in [1.29, 1.82) is 0 Å². The third-order valence-corrected chi connectivity index (χ3v) is 2.88. The predicted octanol–water partition coefficient (Wildman–Crippen LogP) is 3.00. The highest BCUT2D eigenvalue weighted by atomic mass is 19.1. The molecular formula is C15H12FNO5. The van der Waals surface area contributed by atoms with Gasteiger partial charge in [0.25, 0.3) is 5.69 Å². The van der Waals surface area contributed by atoms with E-state index >= 15 is 0 Å². The molecule has 0 aromatic heterocycles. The molecule has 0 spiro atoms. The molecule has 2 aromatic carbocycles. The molecule has 0 saturated heterocycles. The maximum Gasteiger partial charge on any atom is 0.273 e. The van der Waals surface area contributed by atoms with Crippen molar-refractivity contribution in [3.63, 3.8) is 0 Å². The number of nitro groups is 1. The Bertz CT molecular complexity index is 700. The largest absolute Gasteiger partial charge is 0.493 e. The second-order valence-corrected chi connectivity index (χ2v) is 4.31. The Kier molecular flexibility index (Phi) is 4.67. The lowest BCUT2D eigenvalue weighted by Gasteiger charge is -2.09. The van der Waals surface area contributed by atoms with Crippen molar-refractivity contribution >= 4 is 11.5 Å². The van der Waals surface area contributed by atoms with Gasteiger partial charge in [0.05, 0.1) is 18.1 Å². The molecule has 0 atom stereocenters. The lowest BCUT2D eigenvalue weighted by molar-refractivity contribution is -0.385. The van der Waals surface area contributed by atoms with Gasteiger partial charge < -0.3 is 9.47 Å². The van der Waals surface area contributed by atoms with E-state index in [2.05, 4.69) is 0 Å². The van der Waals surface area contributed by atoms with Gasteiger partial charge in [0.2, 0.25) is 0 Å². The monoisotopic (exact) mass is 305 g/mol. The van der Waals surface area contributed by atoms with E-state index in [1.54, 1.807) is 0 Å². The summed E-state index contributed by atoms with van der Waals surface area (Å²) in [4.78, 5) is 22.1. The van der Waals surface area contributed by atoms with Crippen LogP contribution in [0.5, 0.6) is 11.5 Å². The van der Waals surface area contributed by atoms with Gasteiger partial charge in [-0.05, 0) is 30.3 Å². The zero-order valence-electron chi connectivity index (χ0n) is 11.6. The van der Waals surface area contributed by atoms with E-state index < -0.39 is 10.7 Å². The number of nitro benzene ring substituents is 1. The van der Waals surface area contributed by atoms with Crippen LogP contribution in [0.2, 0.25) is 0 Å². The van der Waals surface area contributed by atoms with Gasteiger partial charge in [0, 0.05) is 11.6 Å². The molecule has 0 heterocycles. The number of rotatable bonds is 6. The van der Waals surface area contributed by atoms with E-state index in [0.29, 0.717) is 0 Å². The van der Waals surface area contributed by atoms with Crippen molar-refractivity contribution in [2.45, 2.75) is 0 Å². The first-order chi connectivity index (χ1) is 10.5. The molecule has 0 aliphatic carbocycles. The number of ether oxygens (including phenoxy) is 2. The van der Waals surface area contributed by atoms with Gasteiger partial charge in [-0.3, -0.25) is 14.9 Å². The van der Waals surface area contributed by atoms with Gasteiger partial charge in [-0.25, -0.2) is 4.39 Å². The third-order valence-electron chi connectivity index (χ3n) is 2.88. The third kappa shape index (κ3) is 3.57. The molecule has 0 radical (unpaired) electrons. The van der Waals surface area contributed by atoms with Crippen LogP contribution in [0.25, 0.3) is 0 Å². The Labute approximate surface area is 125 Å². The fourth-order valence-corrected chi connectivity index (χ4v) is 1.75. The molecule has 22 heavy (non-hydrogen) atoms. The van der Waals surface area contributed by atoms with Crippen molar-refractivity contribution in [1.82, 2.24) is 0 Å². The first kappa shape index (κ1) is 15.4. The van der Waals surface area contributed by atoms with Crippen molar-refractivity contribution in [2.24, 2.45) is 0 Å². The number of halogens is 1. The molecule has 0 fully saturated rings. The maximum atomic E-state index is 12.8. The molecule has 0 unspecified atom stereocenters. The molecule has 0 aliphatic heterocycles. The fourth-order valence-electron chi connectivity index (χ4n) is 1.75. The van der Waals surface area contributed by atoms with Crippen LogP contribution in [0.4, 0.5) is 10.1 Å². The van der Waals surface area contributed by atoms with Crippen LogP contribution >= 0.6 is 0 Å². The summed E-state index contributed by atoms with van der Waals surface area (Å²) < 4.78 is 23.1. The van der Waals surface area contributed by atoms with E-state index in [9.17, 15) is 19.3 Å². The molecule has 114 valence electrons. The highest BCUT2D eigenvalue weighted by Crippen LogP contribution is 2.31. The Hall–Kier alpha value is -2.96. The quantitative estimate of drug-likeness (QED) is 0.465. The number of carbonyl (C=O) groups excluding carboxylic acids is 1. The summed E-state index contributed by atoms with van der Waals surface area (Å²) >= 11 is 0. The van der Waals surface area contributed by atoms with E-state index in [1.165, 1.54) is 49.6 Å². The van der Waals surface area contributed by atoms with Crippen LogP contribution in [0, 0.1) is 15.9 Å². The molecule has 6 nitrogen and oxygen atoms in total. The van der Waals surface area contributed by atoms with E-state index in [0.717, 1.165) is 0 Å². The predicted molar refractivity (Wildman–Crippen MR) is 75.9 cm³/mol. The van der Waals surface area contributed by atoms with Crippen molar-refractivity contribution in [2.75, 3.05) is 13.7 Å². The summed E-state index contributed by atoms with van der Waals surface area (Å²) in [5.41, 5.74) is 0.107. The SMILES string of the molecule is COc1ccc([N+](=O)[O-])cc1OCC(=O)c1ccc(F)cc1. The average Bonchev–Trinajstić information content (AvgIpc) is 2.52. The fraction of sp³-hybridized carbons (Fsp3) is 0.133. The number of ketones is 1. The van der Waals surface area contributed by atoms with Gasteiger partial charge in [0.15, 0.2) is 23.9 Å². The molecule has 0 N–H and O–H groups in total. The Morgan fingerprint density at radius 3 is 2.45 bits per heavy atom. The topological polar surface area (TPSA) is 78.7 Å². The van der Waals surface area contributed by atoms with E-state index in [1.807, 2.05) is 0 Å². The van der Waals surface area contributed by atoms with E-state index in [4.69, 9.17) is 9.47 Å². The summed E-state index contributed by atoms with van der Waals surface area (Å²) in [7, 11) is 1.38. The number of benzene rings is 2. The number of Topliss-reactive ketones (excluding diaryl/α,β-unsaturated/α-hetero) is 1. The van der Waals surface area contributed by atoms with Gasteiger partial charge in [0.1, 0.15) is 5.82 Å². The van der Waals surface area contributed by atoms with Crippen molar-refractivity contribution in [3.05, 3.63) is 64.0 Å². The minimum absolute atomic E-state index is 0.0900. The molecule has 2 aromatic rings. The summed E-state index contributed by atoms with van der Waals surface area (Å²) in [6.07, 6.45) is 0. The minimum atomic E-state index is -0.575. The summed E-state index contributed by atoms with van der Waals surface area (Å²) in [6, 6.07) is 8.85. The van der Waals surface area contributed by atoms with Crippen LogP contribution in [0.15, 0.2) is 42.5 Å². The Morgan fingerprint density at radius 1 is 1.18 bits per heavy atom. The number of methoxy groups -OCH3 is 1. The van der Waals surface area contributed by atoms with Crippen LogP contribution in [0.1, 0.15) is 10.4 Å². The minimum Gasteiger partial charge on any atom is -0.493 e. The Balaban J connectivity index is 2.13. The van der Waals surface area contributed by atoms with Crippen LogP contribution in [-0.4, -0.2) is 24.4 Å². The van der Waals surface area contributed by atoms with Crippen LogP contribution < -0.4 is 9.47 Å². The van der Waals surface area contributed by atoms with Crippen molar-refractivity contribution in [3.8, 4) is 11.5 Å². The van der Waals surface area contributed by atoms with Gasteiger partial charge in [-0.1, -0.05) is 0 Å². The molecule has 2 rings (SSSR count). The number of hydrogen-bond donors (Lipinski definition) is 0. The Morgan fingerprint density at radius 2 is 1.86 bits per heavy atom. The highest BCUT2D eigenvalue weighted by molar-refractivity contribution is 5.97. The van der Waals surface area contributed by atoms with Gasteiger partial charge >= 0.3 is 0 Å². The molecule has 7 heteroatoms. The lowest BCUT2D eigenvalue weighted by atomic mass is 10.1. The van der Waals surface area contributed by atoms with Crippen molar-refractivity contribution < 1.29 is 23.6 Å². The second-order valence-electron chi connectivity index (χ2n) is 4.31. The molecule has 0 bridgehead atoms. The van der Waals surface area contributed by atoms with E-state index in [-0.39, 0.29) is 35.1 Å². The number of hydrogen-bond acceptors (Lipinski definition) is 5. The standard InChI is InChI=1S/C15H12FNO5/c1-21-14-7-6-12(17(19)20)8-15(14)22-9-13(18)10-2-4-11(16)5-3-10/h2-8H,9H2,1H3. The summed E-state index contributed by atoms with van der Waals surface area (Å²) in [5, 5.41) is 10.8. The highest BCUT2D eigenvalue weighted by Gasteiger charge is 2.14. The zero-order chi connectivity index (χ0) is 16.1. The molecular weight excluding hydrogens is 293 g/mol. The summed E-state index contributed by atoms with van der Waals surface area (Å²) in [6.45, 7) is -0.344. The lowest BCUT2D eigenvalue weighted by Crippen LogP contribution is -2.12. The number of nitrogens with zero attached hydrogens (tertiary/aromatic N) is 1. The number of non-ortho nitro benzene ring substituents is 1. The molecule has 0 amide bonds. The first-order valence-electron chi connectivity index (χ1n) is 6.25. The van der Waals surface area contributed by atoms with Crippen LogP contribution in [-0.2, 0) is 0 Å². The van der Waals surface area contributed by atoms with Gasteiger partial charge in [-0.2, -0.15) is 0 Å². The zero-order valence-corrected chi connectivity index (χ0v) is 11.6. The molecule has 0 aliphatic rings. The van der Waals surface area contributed by atoms with Gasteiger partial charge in [-0.15, -0.1) is 0 Å².